The van der Waals surface area contributed by atoms with E-state index in [0.717, 1.165) is 0 Å². The molecule has 1 aromatic carbocycles. The molecule has 0 aromatic heterocycles. The van der Waals surface area contributed by atoms with E-state index in [2.05, 4.69) is 0 Å². The summed E-state index contributed by atoms with van der Waals surface area (Å²) in [5.74, 6) is 0.127. The molecule has 9 heteroatoms. The van der Waals surface area contributed by atoms with Crippen LogP contribution < -0.4 is 5.73 Å². The summed E-state index contributed by atoms with van der Waals surface area (Å²) in [6, 6.07) is 2.46. The van der Waals surface area contributed by atoms with Crippen molar-refractivity contribution >= 4 is 29.2 Å². The molecule has 3 rings (SSSR count). The van der Waals surface area contributed by atoms with E-state index in [0.29, 0.717) is 36.5 Å². The number of aliphatic hydroxyl groups excluding tert-OH is 1. The van der Waals surface area contributed by atoms with Gasteiger partial charge in [-0.15, -0.1) is 0 Å². The molecule has 0 saturated carbocycles. The van der Waals surface area contributed by atoms with E-state index in [1.165, 1.54) is 11.0 Å². The van der Waals surface area contributed by atoms with Gasteiger partial charge in [0.15, 0.2) is 0 Å². The van der Waals surface area contributed by atoms with Gasteiger partial charge in [0.2, 0.25) is 0 Å². The lowest BCUT2D eigenvalue weighted by molar-refractivity contribution is -0.111. The minimum Gasteiger partial charge on any atom is -0.508 e. The van der Waals surface area contributed by atoms with Crippen molar-refractivity contribution in [3.05, 3.63) is 27.7 Å². The number of nitrogens with two attached hydrogens (primary N) is 1. The molecule has 1 atom stereocenters. The summed E-state index contributed by atoms with van der Waals surface area (Å²) in [4.78, 5) is 15.7. The lowest BCUT2D eigenvalue weighted by Gasteiger charge is -2.48. The molecule has 1 unspecified atom stereocenters. The van der Waals surface area contributed by atoms with E-state index < -0.39 is 11.6 Å². The summed E-state index contributed by atoms with van der Waals surface area (Å²) in [6.07, 6.45) is 1.40. The molecule has 0 aliphatic carbocycles. The van der Waals surface area contributed by atoms with Gasteiger partial charge in [0.1, 0.15) is 11.4 Å². The van der Waals surface area contributed by atoms with E-state index in [1.807, 2.05) is 0 Å². The number of benzene rings is 1. The number of β-amino-alcohol motifs (C(OH)–C–C–N with tert-alkyl or cyclic N) is 1. The fourth-order valence-electron chi connectivity index (χ4n) is 3.62. The van der Waals surface area contributed by atoms with Gasteiger partial charge in [-0.2, -0.15) is 0 Å². The molecule has 2 aliphatic rings. The number of nitrogens with zero attached hydrogens (tertiary/aromatic N) is 2. The summed E-state index contributed by atoms with van der Waals surface area (Å²) in [5, 5.41) is 29.6. The van der Waals surface area contributed by atoms with Crippen LogP contribution in [0.15, 0.2) is 12.1 Å². The van der Waals surface area contributed by atoms with Gasteiger partial charge in [-0.3, -0.25) is 0 Å². The average Bonchev–Trinajstić information content (AvgIpc) is 2.61. The van der Waals surface area contributed by atoms with E-state index in [4.69, 9.17) is 34.0 Å². The number of piperidine rings is 1. The molecule has 0 bridgehead atoms. The predicted molar refractivity (Wildman–Crippen MR) is 98.4 cm³/mol. The molecular weight excluding hydrogens is 381 g/mol. The van der Waals surface area contributed by atoms with Crippen molar-refractivity contribution in [1.82, 2.24) is 9.80 Å². The predicted octanol–water partition coefficient (Wildman–Crippen LogP) is 1.57. The van der Waals surface area contributed by atoms with Crippen molar-refractivity contribution in [3.63, 3.8) is 0 Å². The van der Waals surface area contributed by atoms with Crippen molar-refractivity contribution in [2.45, 2.75) is 24.5 Å². The van der Waals surface area contributed by atoms with Crippen LogP contribution in [0.3, 0.4) is 0 Å². The largest absolute Gasteiger partial charge is 0.508 e. The second kappa shape index (κ2) is 7.40. The Hall–Kier alpha value is -1.25. The van der Waals surface area contributed by atoms with Gasteiger partial charge in [-0.25, -0.2) is 4.79 Å². The van der Waals surface area contributed by atoms with Crippen molar-refractivity contribution in [3.8, 4) is 5.75 Å². The number of carbonyl (C=O) groups is 1. The van der Waals surface area contributed by atoms with Crippen LogP contribution in [0.1, 0.15) is 24.4 Å². The number of aliphatic hydroxyl groups is 2. The van der Waals surface area contributed by atoms with Gasteiger partial charge in [0.05, 0.1) is 29.7 Å². The van der Waals surface area contributed by atoms with Gasteiger partial charge in [-0.1, -0.05) is 23.2 Å². The second-order valence-electron chi connectivity index (χ2n) is 7.20. The van der Waals surface area contributed by atoms with Crippen LogP contribution in [-0.2, 0) is 0 Å². The van der Waals surface area contributed by atoms with E-state index in [-0.39, 0.29) is 42.4 Å². The maximum absolute atomic E-state index is 12.4. The number of hydrogen-bond donors (Lipinski definition) is 4. The SMILES string of the molecule is NC(c1cc(Cl)c(Cl)cc1O)C1CCN(C(=O)N2CC(O)(CO)C2)CC1. The molecular formula is C17H23Cl2N3O4. The molecule has 2 saturated heterocycles. The summed E-state index contributed by atoms with van der Waals surface area (Å²) in [7, 11) is 0. The van der Waals surface area contributed by atoms with Crippen LogP contribution in [0.4, 0.5) is 4.79 Å². The van der Waals surface area contributed by atoms with Crippen molar-refractivity contribution in [2.24, 2.45) is 11.7 Å². The molecule has 5 N–H and O–H groups in total. The van der Waals surface area contributed by atoms with Crippen molar-refractivity contribution in [1.29, 1.82) is 0 Å². The summed E-state index contributed by atoms with van der Waals surface area (Å²) < 4.78 is 0. The molecule has 2 amide bonds. The minimum absolute atomic E-state index is 0.0225. The second-order valence-corrected chi connectivity index (χ2v) is 8.01. The van der Waals surface area contributed by atoms with Crippen LogP contribution in [0.5, 0.6) is 5.75 Å². The number of phenols is 1. The standard InChI is InChI=1S/C17H23Cl2N3O4/c18-12-5-11(14(24)6-13(12)19)15(20)10-1-3-21(4-2-10)16(25)22-7-17(26,8-22)9-23/h5-6,10,15,23-24,26H,1-4,7-9,20H2. The third kappa shape index (κ3) is 3.73. The Morgan fingerprint density at radius 3 is 2.38 bits per heavy atom. The van der Waals surface area contributed by atoms with Crippen LogP contribution in [0.2, 0.25) is 10.0 Å². The van der Waals surface area contributed by atoms with Crippen molar-refractivity contribution < 1.29 is 20.1 Å². The molecule has 0 spiro atoms. The highest BCUT2D eigenvalue weighted by atomic mass is 35.5. The van der Waals surface area contributed by atoms with Gasteiger partial charge < -0.3 is 30.9 Å². The number of halogens is 2. The summed E-state index contributed by atoms with van der Waals surface area (Å²) in [6.45, 7) is 1.05. The monoisotopic (exact) mass is 403 g/mol. The zero-order valence-corrected chi connectivity index (χ0v) is 15.7. The lowest BCUT2D eigenvalue weighted by Crippen LogP contribution is -2.67. The first-order valence-electron chi connectivity index (χ1n) is 8.54. The first kappa shape index (κ1) is 19.5. The number of amides is 2. The molecule has 2 fully saturated rings. The molecule has 1 aromatic rings. The lowest BCUT2D eigenvalue weighted by atomic mass is 9.85. The summed E-state index contributed by atoms with van der Waals surface area (Å²) >= 11 is 11.9. The molecule has 2 heterocycles. The van der Waals surface area contributed by atoms with E-state index >= 15 is 0 Å². The fraction of sp³-hybridized carbons (Fsp3) is 0.588. The number of hydrogen-bond acceptors (Lipinski definition) is 5. The third-order valence-corrected chi connectivity index (χ3v) is 6.00. The number of likely N-dealkylation sites (tertiary alicyclic amines) is 2. The highest BCUT2D eigenvalue weighted by molar-refractivity contribution is 6.42. The molecule has 2 aliphatic heterocycles. The fourth-order valence-corrected chi connectivity index (χ4v) is 3.95. The topological polar surface area (TPSA) is 110 Å². The van der Waals surface area contributed by atoms with Gasteiger partial charge in [-0.05, 0) is 24.8 Å². The highest BCUT2D eigenvalue weighted by Crippen LogP contribution is 2.38. The maximum atomic E-state index is 12.4. The first-order chi connectivity index (χ1) is 12.2. The Kier molecular flexibility index (Phi) is 5.55. The Morgan fingerprint density at radius 2 is 1.81 bits per heavy atom. The van der Waals surface area contributed by atoms with E-state index in [9.17, 15) is 15.0 Å². The minimum atomic E-state index is -1.16. The van der Waals surface area contributed by atoms with Crippen LogP contribution in [0.25, 0.3) is 0 Å². The van der Waals surface area contributed by atoms with Crippen LogP contribution >= 0.6 is 23.2 Å². The van der Waals surface area contributed by atoms with Gasteiger partial charge in [0.25, 0.3) is 0 Å². The molecule has 144 valence electrons. The molecule has 0 radical (unpaired) electrons. The Bertz CT molecular complexity index is 689. The third-order valence-electron chi connectivity index (χ3n) is 5.28. The highest BCUT2D eigenvalue weighted by Gasteiger charge is 2.45. The number of aromatic hydroxyl groups is 1. The smallest absolute Gasteiger partial charge is 0.320 e. The number of rotatable bonds is 3. The number of urea groups is 1. The Balaban J connectivity index is 1.57. The van der Waals surface area contributed by atoms with Gasteiger partial charge in [0, 0.05) is 30.8 Å². The zero-order valence-electron chi connectivity index (χ0n) is 14.2. The molecule has 7 nitrogen and oxygen atoms in total. The number of phenolic OH excluding ortho intramolecular Hbond substituents is 1. The van der Waals surface area contributed by atoms with Gasteiger partial charge >= 0.3 is 6.03 Å². The van der Waals surface area contributed by atoms with Crippen molar-refractivity contribution in [2.75, 3.05) is 32.8 Å². The summed E-state index contributed by atoms with van der Waals surface area (Å²) in [5.41, 5.74) is 5.72. The maximum Gasteiger partial charge on any atom is 0.320 e. The quantitative estimate of drug-likeness (QED) is 0.612. The zero-order chi connectivity index (χ0) is 19.1. The van der Waals surface area contributed by atoms with E-state index in [1.54, 1.807) is 11.0 Å². The number of carbonyl (C=O) groups excluding carboxylic acids is 1. The van der Waals surface area contributed by atoms with Crippen LogP contribution in [-0.4, -0.2) is 69.5 Å². The van der Waals surface area contributed by atoms with Crippen LogP contribution in [0, 0.1) is 5.92 Å². The average molecular weight is 404 g/mol. The Labute approximate surface area is 161 Å². The normalized spacial score (nSPS) is 21.4. The first-order valence-corrected chi connectivity index (χ1v) is 9.30. The molecule has 26 heavy (non-hydrogen) atoms. The Morgan fingerprint density at radius 1 is 1.23 bits per heavy atom.